The molecule has 0 amide bonds. The molecular formula is C16H21N3O3. The highest BCUT2D eigenvalue weighted by molar-refractivity contribution is 6.00. The molecule has 0 radical (unpaired) electrons. The quantitative estimate of drug-likeness (QED) is 0.596. The molecule has 0 spiro atoms. The van der Waals surface area contributed by atoms with Crippen LogP contribution in [0, 0.1) is 0 Å². The molecule has 0 unspecified atom stereocenters. The van der Waals surface area contributed by atoms with Crippen molar-refractivity contribution in [1.29, 1.82) is 0 Å². The molecule has 2 aromatic rings. The second-order valence-electron chi connectivity index (χ2n) is 5.49. The van der Waals surface area contributed by atoms with Gasteiger partial charge in [-0.25, -0.2) is 4.52 Å². The number of rotatable bonds is 6. The maximum atomic E-state index is 11.5. The van der Waals surface area contributed by atoms with E-state index in [4.69, 9.17) is 9.47 Å². The number of carbonyl (C=O) groups excluding carboxylic acids is 1. The van der Waals surface area contributed by atoms with Crippen molar-refractivity contribution in [3.63, 3.8) is 0 Å². The van der Waals surface area contributed by atoms with E-state index in [2.05, 4.69) is 10.00 Å². The van der Waals surface area contributed by atoms with Crippen LogP contribution in [0.5, 0.6) is 0 Å². The first kappa shape index (κ1) is 15.1. The average molecular weight is 303 g/mol. The number of pyridine rings is 1. The minimum Gasteiger partial charge on any atom is -0.379 e. The van der Waals surface area contributed by atoms with Gasteiger partial charge in [0.15, 0.2) is 5.78 Å². The molecule has 1 aliphatic heterocycles. The summed E-state index contributed by atoms with van der Waals surface area (Å²) in [6.07, 6.45) is 3.53. The Hall–Kier alpha value is -1.76. The van der Waals surface area contributed by atoms with E-state index in [0.29, 0.717) is 18.8 Å². The first-order valence-corrected chi connectivity index (χ1v) is 7.59. The molecule has 0 atom stereocenters. The number of aromatic nitrogens is 2. The highest BCUT2D eigenvalue weighted by atomic mass is 16.5. The first-order chi connectivity index (χ1) is 10.7. The largest absolute Gasteiger partial charge is 0.379 e. The summed E-state index contributed by atoms with van der Waals surface area (Å²) < 4.78 is 12.8. The fourth-order valence-corrected chi connectivity index (χ4v) is 2.59. The highest BCUT2D eigenvalue weighted by Crippen LogP contribution is 2.13. The van der Waals surface area contributed by atoms with Gasteiger partial charge in [-0.15, -0.1) is 0 Å². The van der Waals surface area contributed by atoms with Crippen LogP contribution >= 0.6 is 0 Å². The number of ether oxygens (including phenoxy) is 2. The van der Waals surface area contributed by atoms with Gasteiger partial charge in [0.25, 0.3) is 0 Å². The summed E-state index contributed by atoms with van der Waals surface area (Å²) in [7, 11) is 0. The fraction of sp³-hybridized carbons (Fsp3) is 0.500. The second-order valence-corrected chi connectivity index (χ2v) is 5.49. The zero-order valence-corrected chi connectivity index (χ0v) is 12.8. The normalized spacial score (nSPS) is 16.2. The summed E-state index contributed by atoms with van der Waals surface area (Å²) in [5, 5.41) is 4.22. The van der Waals surface area contributed by atoms with Crippen LogP contribution in [0.1, 0.15) is 22.8 Å². The Morgan fingerprint density at radius 1 is 1.36 bits per heavy atom. The number of hydrogen-bond donors (Lipinski definition) is 0. The standard InChI is InChI=1S/C16H21N3O3/c1-13(20)15-10-17-19-11-14(2-3-16(15)19)12-22-9-6-18-4-7-21-8-5-18/h2-3,10-11H,4-9,12H2,1H3. The van der Waals surface area contributed by atoms with E-state index < -0.39 is 0 Å². The van der Waals surface area contributed by atoms with Gasteiger partial charge < -0.3 is 9.47 Å². The number of fused-ring (bicyclic) bond motifs is 1. The summed E-state index contributed by atoms with van der Waals surface area (Å²) in [5.74, 6) is 0.0320. The van der Waals surface area contributed by atoms with E-state index in [1.807, 2.05) is 18.3 Å². The fourth-order valence-electron chi connectivity index (χ4n) is 2.59. The van der Waals surface area contributed by atoms with Gasteiger partial charge in [-0.1, -0.05) is 6.07 Å². The van der Waals surface area contributed by atoms with Gasteiger partial charge >= 0.3 is 0 Å². The summed E-state index contributed by atoms with van der Waals surface area (Å²) in [6.45, 7) is 7.34. The van der Waals surface area contributed by atoms with Crippen molar-refractivity contribution < 1.29 is 14.3 Å². The molecule has 0 N–H and O–H groups in total. The molecule has 0 aliphatic carbocycles. The van der Waals surface area contributed by atoms with Crippen molar-refractivity contribution in [3.05, 3.63) is 35.7 Å². The molecule has 6 heteroatoms. The van der Waals surface area contributed by atoms with E-state index in [1.54, 1.807) is 17.6 Å². The molecule has 2 aromatic heterocycles. The van der Waals surface area contributed by atoms with E-state index in [-0.39, 0.29) is 5.78 Å². The van der Waals surface area contributed by atoms with Crippen molar-refractivity contribution in [3.8, 4) is 0 Å². The van der Waals surface area contributed by atoms with Crippen LogP contribution in [-0.4, -0.2) is 59.8 Å². The maximum absolute atomic E-state index is 11.5. The third-order valence-corrected chi connectivity index (χ3v) is 3.88. The molecule has 0 bridgehead atoms. The lowest BCUT2D eigenvalue weighted by Gasteiger charge is -2.26. The lowest BCUT2D eigenvalue weighted by atomic mass is 10.2. The van der Waals surface area contributed by atoms with Crippen molar-refractivity contribution in [2.24, 2.45) is 0 Å². The van der Waals surface area contributed by atoms with Crippen LogP contribution in [-0.2, 0) is 16.1 Å². The van der Waals surface area contributed by atoms with Crippen LogP contribution in [0.3, 0.4) is 0 Å². The Balaban J connectivity index is 1.52. The van der Waals surface area contributed by atoms with Gasteiger partial charge in [-0.05, 0) is 18.6 Å². The van der Waals surface area contributed by atoms with Gasteiger partial charge in [-0.3, -0.25) is 9.69 Å². The molecule has 1 aliphatic rings. The molecule has 3 heterocycles. The summed E-state index contributed by atoms with van der Waals surface area (Å²) in [6, 6.07) is 3.91. The number of hydrogen-bond acceptors (Lipinski definition) is 5. The summed E-state index contributed by atoms with van der Waals surface area (Å²) >= 11 is 0. The molecule has 3 rings (SSSR count). The van der Waals surface area contributed by atoms with E-state index in [1.165, 1.54) is 0 Å². The Morgan fingerprint density at radius 2 is 2.18 bits per heavy atom. The van der Waals surface area contributed by atoms with Crippen LogP contribution < -0.4 is 0 Å². The minimum absolute atomic E-state index is 0.0320. The Kier molecular flexibility index (Phi) is 4.82. The number of morpholine rings is 1. The number of nitrogens with zero attached hydrogens (tertiary/aromatic N) is 3. The van der Waals surface area contributed by atoms with E-state index in [9.17, 15) is 4.79 Å². The van der Waals surface area contributed by atoms with Gasteiger partial charge in [0.05, 0.1) is 43.7 Å². The molecule has 0 saturated carbocycles. The molecule has 118 valence electrons. The third kappa shape index (κ3) is 3.52. The molecule has 0 aromatic carbocycles. The van der Waals surface area contributed by atoms with Gasteiger partial charge in [0.1, 0.15) is 0 Å². The Labute approximate surface area is 129 Å². The van der Waals surface area contributed by atoms with Crippen LogP contribution in [0.15, 0.2) is 24.5 Å². The SMILES string of the molecule is CC(=O)c1cnn2cc(COCCN3CCOCC3)ccc12. The zero-order valence-electron chi connectivity index (χ0n) is 12.8. The molecule has 1 fully saturated rings. The monoisotopic (exact) mass is 303 g/mol. The highest BCUT2D eigenvalue weighted by Gasteiger charge is 2.10. The predicted octanol–water partition coefficient (Wildman–Crippen LogP) is 1.39. The average Bonchev–Trinajstić information content (AvgIpc) is 2.96. The zero-order chi connectivity index (χ0) is 15.4. The molecule has 6 nitrogen and oxygen atoms in total. The second kappa shape index (κ2) is 7.00. The predicted molar refractivity (Wildman–Crippen MR) is 82.1 cm³/mol. The number of carbonyl (C=O) groups is 1. The molecule has 22 heavy (non-hydrogen) atoms. The first-order valence-electron chi connectivity index (χ1n) is 7.59. The summed E-state index contributed by atoms with van der Waals surface area (Å²) in [5.41, 5.74) is 2.54. The topological polar surface area (TPSA) is 56.1 Å². The maximum Gasteiger partial charge on any atom is 0.163 e. The summed E-state index contributed by atoms with van der Waals surface area (Å²) in [4.78, 5) is 13.8. The van der Waals surface area contributed by atoms with E-state index >= 15 is 0 Å². The number of ketones is 1. The molecule has 1 saturated heterocycles. The van der Waals surface area contributed by atoms with Crippen molar-refractivity contribution in [2.75, 3.05) is 39.5 Å². The Bertz CT molecular complexity index is 647. The third-order valence-electron chi connectivity index (χ3n) is 3.88. The lowest BCUT2D eigenvalue weighted by molar-refractivity contribution is 0.0180. The minimum atomic E-state index is 0.0320. The van der Waals surface area contributed by atoms with Gasteiger partial charge in [-0.2, -0.15) is 5.10 Å². The lowest BCUT2D eigenvalue weighted by Crippen LogP contribution is -2.38. The van der Waals surface area contributed by atoms with Crippen LogP contribution in [0.4, 0.5) is 0 Å². The van der Waals surface area contributed by atoms with Crippen molar-refractivity contribution in [2.45, 2.75) is 13.5 Å². The van der Waals surface area contributed by atoms with Crippen LogP contribution in [0.25, 0.3) is 5.52 Å². The van der Waals surface area contributed by atoms with E-state index in [0.717, 1.165) is 43.9 Å². The number of Topliss-reactive ketones (excluding diaryl/α,β-unsaturated/α-hetero) is 1. The smallest absolute Gasteiger partial charge is 0.163 e. The van der Waals surface area contributed by atoms with Crippen molar-refractivity contribution >= 4 is 11.3 Å². The van der Waals surface area contributed by atoms with Gasteiger partial charge in [0, 0.05) is 25.8 Å². The van der Waals surface area contributed by atoms with Crippen LogP contribution in [0.2, 0.25) is 0 Å². The van der Waals surface area contributed by atoms with Crippen molar-refractivity contribution in [1.82, 2.24) is 14.5 Å². The Morgan fingerprint density at radius 3 is 2.95 bits per heavy atom. The molecular weight excluding hydrogens is 282 g/mol. The van der Waals surface area contributed by atoms with Gasteiger partial charge in [0.2, 0.25) is 0 Å².